The molecule has 0 saturated carbocycles. The molecular weight excluding hydrogens is 482 g/mol. The van der Waals surface area contributed by atoms with Gasteiger partial charge in [0.25, 0.3) is 0 Å². The van der Waals surface area contributed by atoms with E-state index in [1.54, 1.807) is 20.8 Å². The van der Waals surface area contributed by atoms with Crippen molar-refractivity contribution in [2.24, 2.45) is 17.3 Å². The van der Waals surface area contributed by atoms with Crippen molar-refractivity contribution in [2.75, 3.05) is 0 Å². The Morgan fingerprint density at radius 2 is 1.94 bits per heavy atom. The molecule has 36 heavy (non-hydrogen) atoms. The predicted octanol–water partition coefficient (Wildman–Crippen LogP) is 3.66. The van der Waals surface area contributed by atoms with Crippen molar-refractivity contribution >= 4 is 29.2 Å². The van der Waals surface area contributed by atoms with E-state index >= 15 is 0 Å². The van der Waals surface area contributed by atoms with Gasteiger partial charge in [-0.3, -0.25) is 9.59 Å². The molecule has 2 aliphatic heterocycles. The molecule has 1 aromatic heterocycles. The van der Waals surface area contributed by atoms with E-state index in [2.05, 4.69) is 4.98 Å². The number of esters is 1. The average molecular weight is 524 g/mol. The van der Waals surface area contributed by atoms with Crippen LogP contribution < -0.4 is 0 Å². The van der Waals surface area contributed by atoms with E-state index in [0.29, 0.717) is 17.1 Å². The molecule has 9 heteroatoms. The van der Waals surface area contributed by atoms with Crippen LogP contribution in [-0.4, -0.2) is 62.1 Å². The van der Waals surface area contributed by atoms with Gasteiger partial charge in [0.1, 0.15) is 16.9 Å². The fourth-order valence-electron chi connectivity index (χ4n) is 5.08. The molecule has 0 bridgehead atoms. The van der Waals surface area contributed by atoms with Crippen LogP contribution in [0.4, 0.5) is 0 Å². The zero-order chi connectivity index (χ0) is 26.8. The lowest BCUT2D eigenvalue weighted by Gasteiger charge is -2.34. The van der Waals surface area contributed by atoms with Crippen molar-refractivity contribution in [3.8, 4) is 0 Å². The summed E-state index contributed by atoms with van der Waals surface area (Å²) < 4.78 is 11.9. The molecule has 0 radical (unpaired) electrons. The summed E-state index contributed by atoms with van der Waals surface area (Å²) in [7, 11) is 0. The third-order valence-corrected chi connectivity index (χ3v) is 8.85. The van der Waals surface area contributed by atoms with Gasteiger partial charge >= 0.3 is 5.97 Å². The van der Waals surface area contributed by atoms with Crippen LogP contribution >= 0.6 is 11.3 Å². The van der Waals surface area contributed by atoms with E-state index in [-0.39, 0.29) is 36.4 Å². The van der Waals surface area contributed by atoms with Gasteiger partial charge in [-0.05, 0) is 44.3 Å². The number of hydrogen-bond acceptors (Lipinski definition) is 9. The van der Waals surface area contributed by atoms with Crippen molar-refractivity contribution < 1.29 is 34.4 Å². The van der Waals surface area contributed by atoms with Gasteiger partial charge in [-0.1, -0.05) is 34.1 Å². The molecule has 3 rings (SSSR count). The SMILES string of the molecule is CC(=Cc1csc(CO)n1)C1C[C@@H]2O[C@]2(C)CCCC(C)[C@H](O)[C@@H](C)C(=O)C(C)(C)[C@@H](O)CC(=O)O1. The van der Waals surface area contributed by atoms with E-state index in [1.807, 2.05) is 32.2 Å². The lowest BCUT2D eigenvalue weighted by atomic mass is 9.73. The van der Waals surface area contributed by atoms with Crippen LogP contribution in [0.15, 0.2) is 11.0 Å². The van der Waals surface area contributed by atoms with E-state index in [9.17, 15) is 24.9 Å². The summed E-state index contributed by atoms with van der Waals surface area (Å²) in [4.78, 5) is 30.5. The monoisotopic (exact) mass is 523 g/mol. The van der Waals surface area contributed by atoms with Gasteiger partial charge < -0.3 is 24.8 Å². The largest absolute Gasteiger partial charge is 0.458 e. The van der Waals surface area contributed by atoms with E-state index < -0.39 is 35.6 Å². The maximum atomic E-state index is 13.2. The second kappa shape index (κ2) is 11.4. The third-order valence-electron chi connectivity index (χ3n) is 8.00. The summed E-state index contributed by atoms with van der Waals surface area (Å²) in [6.45, 7) is 10.6. The first-order chi connectivity index (χ1) is 16.8. The number of aliphatic hydroxyl groups is 3. The Hall–Kier alpha value is -1.65. The van der Waals surface area contributed by atoms with Crippen LogP contribution in [0.3, 0.4) is 0 Å². The average Bonchev–Trinajstić information content (AvgIpc) is 3.23. The maximum Gasteiger partial charge on any atom is 0.309 e. The highest BCUT2D eigenvalue weighted by Gasteiger charge is 2.53. The van der Waals surface area contributed by atoms with Gasteiger partial charge in [0, 0.05) is 17.7 Å². The Labute approximate surface area is 217 Å². The predicted molar refractivity (Wildman–Crippen MR) is 137 cm³/mol. The molecule has 0 aliphatic carbocycles. The number of carbonyl (C=O) groups excluding carboxylic acids is 2. The standard InChI is InChI=1S/C27H41NO7S/c1-15-8-7-9-27(6)21(35-27)11-19(16(2)10-18-14-36-22(13-29)28-18)34-23(31)12-20(30)26(4,5)25(33)17(3)24(15)32/h10,14-15,17,19-21,24,29-30,32H,7-9,11-13H2,1-6H3/t15?,17-,19?,20+,21+,24+,27-/m1/s1. The molecule has 7 atom stereocenters. The molecule has 3 N–H and O–H groups in total. The Morgan fingerprint density at radius 3 is 2.58 bits per heavy atom. The summed E-state index contributed by atoms with van der Waals surface area (Å²) >= 11 is 1.35. The van der Waals surface area contributed by atoms with Gasteiger partial charge in [-0.15, -0.1) is 11.3 Å². The molecule has 202 valence electrons. The second-order valence-corrected chi connectivity index (χ2v) is 12.2. The van der Waals surface area contributed by atoms with Gasteiger partial charge in [0.2, 0.25) is 0 Å². The number of nitrogens with zero attached hydrogens (tertiary/aromatic N) is 1. The van der Waals surface area contributed by atoms with Crippen molar-refractivity contribution in [1.29, 1.82) is 0 Å². The van der Waals surface area contributed by atoms with Crippen molar-refractivity contribution in [1.82, 2.24) is 4.98 Å². The summed E-state index contributed by atoms with van der Waals surface area (Å²) in [5.41, 5.74) is -0.0964. The molecule has 1 aromatic rings. The summed E-state index contributed by atoms with van der Waals surface area (Å²) in [5, 5.41) is 33.4. The van der Waals surface area contributed by atoms with Crippen LogP contribution in [0.1, 0.15) is 84.3 Å². The minimum atomic E-state index is -1.26. The van der Waals surface area contributed by atoms with Gasteiger partial charge in [-0.25, -0.2) is 4.98 Å². The van der Waals surface area contributed by atoms with Crippen LogP contribution in [0.2, 0.25) is 0 Å². The highest BCUT2D eigenvalue weighted by atomic mass is 32.1. The number of aliphatic hydroxyl groups excluding tert-OH is 3. The zero-order valence-electron chi connectivity index (χ0n) is 22.2. The normalized spacial score (nSPS) is 36.8. The van der Waals surface area contributed by atoms with E-state index in [4.69, 9.17) is 9.47 Å². The number of Topliss-reactive ketones (excluding diaryl/α,β-unsaturated/α-hetero) is 1. The number of ether oxygens (including phenoxy) is 2. The molecule has 8 nitrogen and oxygen atoms in total. The molecule has 2 aliphatic rings. The Bertz CT molecular complexity index is 973. The molecular formula is C27H41NO7S. The van der Waals surface area contributed by atoms with Crippen LogP contribution in [0.5, 0.6) is 0 Å². The van der Waals surface area contributed by atoms with E-state index in [1.165, 1.54) is 11.3 Å². The topological polar surface area (TPSA) is 129 Å². The zero-order valence-corrected chi connectivity index (χ0v) is 23.0. The number of thiazole rings is 1. The molecule has 2 fully saturated rings. The lowest BCUT2D eigenvalue weighted by Crippen LogP contribution is -2.45. The highest BCUT2D eigenvalue weighted by molar-refractivity contribution is 7.09. The number of hydrogen-bond donors (Lipinski definition) is 3. The molecule has 0 amide bonds. The van der Waals surface area contributed by atoms with Gasteiger partial charge in [0.05, 0.1) is 48.0 Å². The first kappa shape index (κ1) is 28.9. The Morgan fingerprint density at radius 1 is 1.25 bits per heavy atom. The summed E-state index contributed by atoms with van der Waals surface area (Å²) in [6, 6.07) is 0. The minimum absolute atomic E-state index is 0.0860. The Balaban J connectivity index is 1.85. The number of aromatic nitrogens is 1. The fraction of sp³-hybridized carbons (Fsp3) is 0.741. The number of rotatable bonds is 3. The summed E-state index contributed by atoms with van der Waals surface area (Å²) in [6.07, 6.45) is 1.60. The highest BCUT2D eigenvalue weighted by Crippen LogP contribution is 2.45. The molecule has 2 unspecified atom stereocenters. The number of carbonyl (C=O) groups is 2. The lowest BCUT2D eigenvalue weighted by molar-refractivity contribution is -0.154. The second-order valence-electron chi connectivity index (χ2n) is 11.3. The number of ketones is 1. The molecule has 0 aromatic carbocycles. The van der Waals surface area contributed by atoms with Crippen molar-refractivity contribution in [2.45, 2.75) is 110 Å². The van der Waals surface area contributed by atoms with Crippen LogP contribution in [0, 0.1) is 17.3 Å². The number of cyclic esters (lactones) is 1. The number of fused-ring (bicyclic) bond motifs is 1. The first-order valence-electron chi connectivity index (χ1n) is 12.8. The quantitative estimate of drug-likeness (QED) is 0.404. The van der Waals surface area contributed by atoms with Crippen LogP contribution in [-0.2, 0) is 25.7 Å². The fourth-order valence-corrected chi connectivity index (χ4v) is 5.69. The van der Waals surface area contributed by atoms with Gasteiger partial charge in [-0.2, -0.15) is 0 Å². The molecule has 0 spiro atoms. The third kappa shape index (κ3) is 6.61. The maximum absolute atomic E-state index is 13.2. The smallest absolute Gasteiger partial charge is 0.309 e. The molecule has 3 heterocycles. The van der Waals surface area contributed by atoms with Gasteiger partial charge in [0.15, 0.2) is 0 Å². The van der Waals surface area contributed by atoms with E-state index in [0.717, 1.165) is 24.8 Å². The molecule has 2 saturated heterocycles. The summed E-state index contributed by atoms with van der Waals surface area (Å²) in [5.74, 6) is -1.64. The first-order valence-corrected chi connectivity index (χ1v) is 13.7. The minimum Gasteiger partial charge on any atom is -0.458 e. The van der Waals surface area contributed by atoms with Crippen LogP contribution in [0.25, 0.3) is 6.08 Å². The Kier molecular flexibility index (Phi) is 9.15. The van der Waals surface area contributed by atoms with Crippen molar-refractivity contribution in [3.63, 3.8) is 0 Å². The number of epoxide rings is 1. The van der Waals surface area contributed by atoms with Crippen molar-refractivity contribution in [3.05, 3.63) is 21.7 Å².